The number of aliphatic hydroxyl groups is 1. The van der Waals surface area contributed by atoms with Gasteiger partial charge in [-0.1, -0.05) is 23.4 Å². The second kappa shape index (κ2) is 6.18. The zero-order chi connectivity index (χ0) is 15.7. The van der Waals surface area contributed by atoms with E-state index in [1.165, 1.54) is 11.1 Å². The van der Waals surface area contributed by atoms with Gasteiger partial charge in [-0.05, 0) is 49.9 Å². The molecule has 1 aromatic heterocycles. The third-order valence-electron chi connectivity index (χ3n) is 4.53. The second-order valence-corrected chi connectivity index (χ2v) is 6.18. The molecule has 1 N–H and O–H groups in total. The average molecular weight is 301 g/mol. The summed E-state index contributed by atoms with van der Waals surface area (Å²) in [6.07, 6.45) is 1.61. The number of likely N-dealkylation sites (tertiary alicyclic amines) is 1. The number of rotatable bonds is 4. The van der Waals surface area contributed by atoms with Crippen molar-refractivity contribution in [2.75, 3.05) is 13.1 Å². The molecule has 5 heteroatoms. The molecule has 118 valence electrons. The lowest BCUT2D eigenvalue weighted by Gasteiger charge is -2.25. The summed E-state index contributed by atoms with van der Waals surface area (Å²) in [6, 6.07) is 6.30. The molecule has 2 atom stereocenters. The highest BCUT2D eigenvalue weighted by atomic mass is 16.5. The second-order valence-electron chi connectivity index (χ2n) is 6.18. The maximum Gasteiger partial charge on any atom is 0.223 e. The van der Waals surface area contributed by atoms with Gasteiger partial charge in [-0.2, -0.15) is 4.98 Å². The zero-order valence-corrected chi connectivity index (χ0v) is 13.4. The van der Waals surface area contributed by atoms with Crippen molar-refractivity contribution in [3.63, 3.8) is 0 Å². The van der Waals surface area contributed by atoms with Crippen LogP contribution in [0.2, 0.25) is 0 Å². The van der Waals surface area contributed by atoms with Crippen molar-refractivity contribution in [1.29, 1.82) is 0 Å². The summed E-state index contributed by atoms with van der Waals surface area (Å²) in [4.78, 5) is 6.60. The molecule has 0 spiro atoms. The van der Waals surface area contributed by atoms with Crippen LogP contribution in [-0.4, -0.2) is 33.2 Å². The summed E-state index contributed by atoms with van der Waals surface area (Å²) in [7, 11) is 0. The summed E-state index contributed by atoms with van der Waals surface area (Å²) in [6.45, 7) is 7.52. The topological polar surface area (TPSA) is 62.4 Å². The Hall–Kier alpha value is -1.72. The normalized spacial score (nSPS) is 20.5. The summed E-state index contributed by atoms with van der Waals surface area (Å²) >= 11 is 0. The largest absolute Gasteiger partial charge is 0.387 e. The first-order valence-electron chi connectivity index (χ1n) is 7.84. The number of hydrogen-bond acceptors (Lipinski definition) is 5. The molecule has 1 aliphatic rings. The van der Waals surface area contributed by atoms with Crippen LogP contribution in [0.3, 0.4) is 0 Å². The van der Waals surface area contributed by atoms with Crippen molar-refractivity contribution in [2.24, 2.45) is 0 Å². The first-order chi connectivity index (χ1) is 10.5. The van der Waals surface area contributed by atoms with Gasteiger partial charge in [-0.25, -0.2) is 0 Å². The molecule has 0 saturated carbocycles. The van der Waals surface area contributed by atoms with Gasteiger partial charge in [0.15, 0.2) is 5.82 Å². The lowest BCUT2D eigenvalue weighted by Crippen LogP contribution is -2.29. The first kappa shape index (κ1) is 15.2. The molecule has 1 aliphatic heterocycles. The van der Waals surface area contributed by atoms with Crippen LogP contribution in [0.25, 0.3) is 0 Å². The fourth-order valence-corrected chi connectivity index (χ4v) is 3.09. The fraction of sp³-hybridized carbons (Fsp3) is 0.529. The Balaban J connectivity index is 1.72. The number of aryl methyl sites for hydroxylation is 3. The van der Waals surface area contributed by atoms with E-state index in [9.17, 15) is 5.11 Å². The number of aliphatic hydroxyl groups excluding tert-OH is 1. The van der Waals surface area contributed by atoms with Crippen molar-refractivity contribution in [1.82, 2.24) is 15.0 Å². The number of nitrogens with zero attached hydrogens (tertiary/aromatic N) is 3. The van der Waals surface area contributed by atoms with Crippen molar-refractivity contribution in [3.05, 3.63) is 46.6 Å². The van der Waals surface area contributed by atoms with Crippen molar-refractivity contribution < 1.29 is 9.63 Å². The Bertz CT molecular complexity index is 653. The molecule has 3 rings (SSSR count). The maximum absolute atomic E-state index is 10.6. The third-order valence-corrected chi connectivity index (χ3v) is 4.53. The molecule has 0 radical (unpaired) electrons. The van der Waals surface area contributed by atoms with E-state index < -0.39 is 6.10 Å². The summed E-state index contributed by atoms with van der Waals surface area (Å²) < 4.78 is 5.09. The van der Waals surface area contributed by atoms with Crippen LogP contribution in [0.15, 0.2) is 22.7 Å². The Morgan fingerprint density at radius 3 is 2.82 bits per heavy atom. The minimum Gasteiger partial charge on any atom is -0.387 e. The van der Waals surface area contributed by atoms with Crippen LogP contribution in [0.4, 0.5) is 0 Å². The monoisotopic (exact) mass is 301 g/mol. The van der Waals surface area contributed by atoms with Gasteiger partial charge in [0.05, 0.1) is 12.1 Å². The van der Waals surface area contributed by atoms with Gasteiger partial charge in [0.1, 0.15) is 0 Å². The van der Waals surface area contributed by atoms with Crippen molar-refractivity contribution in [2.45, 2.75) is 45.8 Å². The van der Waals surface area contributed by atoms with Crippen molar-refractivity contribution in [3.8, 4) is 0 Å². The standard InChI is InChI=1S/C17H23N3O2/c1-11-6-7-14(9-12(11)2)16(21)10-20-8-4-5-15(20)17-18-13(3)22-19-17/h6-7,9,15-16,21H,4-5,8,10H2,1-3H3. The van der Waals surface area contributed by atoms with Crippen LogP contribution in [0, 0.1) is 20.8 Å². The molecule has 2 heterocycles. The van der Waals surface area contributed by atoms with E-state index in [0.29, 0.717) is 12.4 Å². The lowest BCUT2D eigenvalue weighted by atomic mass is 10.0. The SMILES string of the molecule is Cc1nc(C2CCCN2CC(O)c2ccc(C)c(C)c2)no1. The van der Waals surface area contributed by atoms with Crippen LogP contribution < -0.4 is 0 Å². The molecular formula is C17H23N3O2. The molecule has 2 unspecified atom stereocenters. The Labute approximate surface area is 131 Å². The third kappa shape index (κ3) is 3.05. The molecule has 2 aromatic rings. The Morgan fingerprint density at radius 1 is 1.32 bits per heavy atom. The molecule has 1 aromatic carbocycles. The lowest BCUT2D eigenvalue weighted by molar-refractivity contribution is 0.103. The molecular weight excluding hydrogens is 278 g/mol. The van der Waals surface area contributed by atoms with Gasteiger partial charge in [-0.3, -0.25) is 4.90 Å². The van der Waals surface area contributed by atoms with Gasteiger partial charge < -0.3 is 9.63 Å². The van der Waals surface area contributed by atoms with E-state index >= 15 is 0 Å². The number of β-amino-alcohol motifs (C(OH)–C–C–N with tert-alkyl or cyclic N) is 1. The highest BCUT2D eigenvalue weighted by Crippen LogP contribution is 2.32. The maximum atomic E-state index is 10.6. The minimum atomic E-state index is -0.493. The predicted molar refractivity (Wildman–Crippen MR) is 83.5 cm³/mol. The van der Waals surface area contributed by atoms with E-state index in [2.05, 4.69) is 41.0 Å². The fourth-order valence-electron chi connectivity index (χ4n) is 3.09. The summed E-state index contributed by atoms with van der Waals surface area (Å²) in [5.74, 6) is 1.33. The molecule has 22 heavy (non-hydrogen) atoms. The molecule has 0 amide bonds. The van der Waals surface area contributed by atoms with Crippen molar-refractivity contribution >= 4 is 0 Å². The molecule has 5 nitrogen and oxygen atoms in total. The van der Waals surface area contributed by atoms with E-state index in [1.54, 1.807) is 6.92 Å². The predicted octanol–water partition coefficient (Wildman–Crippen LogP) is 2.87. The minimum absolute atomic E-state index is 0.152. The number of aromatic nitrogens is 2. The first-order valence-corrected chi connectivity index (χ1v) is 7.84. The summed E-state index contributed by atoms with van der Waals surface area (Å²) in [5, 5.41) is 14.6. The Kier molecular flexibility index (Phi) is 4.27. The zero-order valence-electron chi connectivity index (χ0n) is 13.4. The van der Waals surface area contributed by atoms with Crippen LogP contribution in [0.5, 0.6) is 0 Å². The van der Waals surface area contributed by atoms with E-state index in [0.717, 1.165) is 30.8 Å². The quantitative estimate of drug-likeness (QED) is 0.941. The van der Waals surface area contributed by atoms with Gasteiger partial charge >= 0.3 is 0 Å². The highest BCUT2D eigenvalue weighted by Gasteiger charge is 2.31. The number of hydrogen-bond donors (Lipinski definition) is 1. The van der Waals surface area contributed by atoms with Crippen LogP contribution in [-0.2, 0) is 0 Å². The smallest absolute Gasteiger partial charge is 0.223 e. The Morgan fingerprint density at radius 2 is 2.14 bits per heavy atom. The molecule has 0 bridgehead atoms. The average Bonchev–Trinajstić information content (AvgIpc) is 3.10. The molecule has 0 aliphatic carbocycles. The van der Waals surface area contributed by atoms with Gasteiger partial charge in [0.25, 0.3) is 0 Å². The van der Waals surface area contributed by atoms with E-state index in [4.69, 9.17) is 4.52 Å². The van der Waals surface area contributed by atoms with Crippen LogP contribution in [0.1, 0.15) is 53.4 Å². The molecule has 1 saturated heterocycles. The van der Waals surface area contributed by atoms with Crippen LogP contribution >= 0.6 is 0 Å². The van der Waals surface area contributed by atoms with Gasteiger partial charge in [-0.15, -0.1) is 0 Å². The van der Waals surface area contributed by atoms with Gasteiger partial charge in [0, 0.05) is 13.5 Å². The number of benzene rings is 1. The molecule has 1 fully saturated rings. The summed E-state index contributed by atoms with van der Waals surface area (Å²) in [5.41, 5.74) is 3.43. The van der Waals surface area contributed by atoms with E-state index in [-0.39, 0.29) is 6.04 Å². The highest BCUT2D eigenvalue weighted by molar-refractivity contribution is 5.31. The van der Waals surface area contributed by atoms with E-state index in [1.807, 2.05) is 6.07 Å². The van der Waals surface area contributed by atoms with Gasteiger partial charge in [0.2, 0.25) is 5.89 Å².